The average Bonchev–Trinajstić information content (AvgIpc) is 3.27. The summed E-state index contributed by atoms with van der Waals surface area (Å²) < 4.78 is 5.49. The summed E-state index contributed by atoms with van der Waals surface area (Å²) in [5.74, 6) is 1.15. The number of carbonyl (C=O) groups is 1. The maximum Gasteiger partial charge on any atom is 0.243 e. The first-order chi connectivity index (χ1) is 14.5. The normalized spacial score (nSPS) is 21.3. The van der Waals surface area contributed by atoms with Crippen LogP contribution in [0.25, 0.3) is 0 Å². The second-order valence-corrected chi connectivity index (χ2v) is 9.15. The van der Waals surface area contributed by atoms with Gasteiger partial charge in [-0.1, -0.05) is 49.1 Å². The van der Waals surface area contributed by atoms with Gasteiger partial charge in [-0.05, 0) is 30.9 Å². The van der Waals surface area contributed by atoms with Crippen molar-refractivity contribution in [3.63, 3.8) is 0 Å². The lowest BCUT2D eigenvalue weighted by molar-refractivity contribution is -0.127. The number of guanidine groups is 1. The number of hydrogen-bond acceptors (Lipinski definition) is 3. The van der Waals surface area contributed by atoms with Crippen molar-refractivity contribution in [1.82, 2.24) is 15.5 Å². The van der Waals surface area contributed by atoms with Crippen LogP contribution in [-0.4, -0.2) is 63.7 Å². The molecule has 1 aromatic rings. The zero-order chi connectivity index (χ0) is 21.4. The van der Waals surface area contributed by atoms with E-state index < -0.39 is 0 Å². The van der Waals surface area contributed by atoms with Crippen LogP contribution in [0.3, 0.4) is 0 Å². The number of amides is 1. The van der Waals surface area contributed by atoms with Gasteiger partial charge in [0.05, 0.1) is 6.61 Å². The molecule has 1 saturated carbocycles. The molecule has 166 valence electrons. The highest BCUT2D eigenvalue weighted by Crippen LogP contribution is 2.41. The number of rotatable bonds is 7. The smallest absolute Gasteiger partial charge is 0.243 e. The lowest BCUT2D eigenvalue weighted by atomic mass is 9.69. The number of hydrogen-bond donors (Lipinski definition) is 2. The van der Waals surface area contributed by atoms with Gasteiger partial charge in [0, 0.05) is 50.1 Å². The zero-order valence-corrected chi connectivity index (χ0v) is 19.0. The Hall–Kier alpha value is -1.79. The summed E-state index contributed by atoms with van der Waals surface area (Å²) >= 11 is 6.61. The Bertz CT molecular complexity index is 726. The molecule has 0 aromatic heterocycles. The van der Waals surface area contributed by atoms with Crippen LogP contribution in [0.5, 0.6) is 0 Å². The Morgan fingerprint density at radius 2 is 2.00 bits per heavy atom. The third-order valence-electron chi connectivity index (χ3n) is 6.30. The van der Waals surface area contributed by atoms with Crippen molar-refractivity contribution in [2.24, 2.45) is 10.9 Å². The third kappa shape index (κ3) is 6.11. The van der Waals surface area contributed by atoms with Gasteiger partial charge in [-0.25, -0.2) is 4.99 Å². The summed E-state index contributed by atoms with van der Waals surface area (Å²) in [6.45, 7) is 3.27. The van der Waals surface area contributed by atoms with E-state index in [1.165, 1.54) is 24.8 Å². The van der Waals surface area contributed by atoms with Gasteiger partial charge in [-0.15, -0.1) is 0 Å². The van der Waals surface area contributed by atoms with E-state index in [0.29, 0.717) is 11.9 Å². The van der Waals surface area contributed by atoms with Gasteiger partial charge in [0.1, 0.15) is 6.54 Å². The Morgan fingerprint density at radius 1 is 1.23 bits per heavy atom. The molecule has 1 aliphatic carbocycles. The van der Waals surface area contributed by atoms with E-state index in [2.05, 4.69) is 27.8 Å². The number of benzene rings is 1. The maximum absolute atomic E-state index is 12.1. The summed E-state index contributed by atoms with van der Waals surface area (Å²) in [5.41, 5.74) is 1.20. The van der Waals surface area contributed by atoms with E-state index in [4.69, 9.17) is 16.3 Å². The molecule has 1 unspecified atom stereocenters. The largest absolute Gasteiger partial charge is 0.381 e. The molecular weight excluding hydrogens is 400 g/mol. The zero-order valence-electron chi connectivity index (χ0n) is 18.3. The first-order valence-electron chi connectivity index (χ1n) is 11.1. The second-order valence-electron chi connectivity index (χ2n) is 8.74. The standard InChI is InChI=1S/C23H35ClN4O2/c1-28(2)21(29)15-26-22(25-14-18-10-13-30-16-18)27-17-23(11-6-3-7-12-23)19-8-4-5-9-20(19)24/h4-5,8-9,18H,3,6-7,10-17H2,1-2H3,(H2,25,26,27). The van der Waals surface area contributed by atoms with Crippen LogP contribution in [-0.2, 0) is 14.9 Å². The number of ether oxygens (including phenoxy) is 1. The van der Waals surface area contributed by atoms with Crippen molar-refractivity contribution >= 4 is 23.5 Å². The molecule has 2 fully saturated rings. The predicted octanol–water partition coefficient (Wildman–Crippen LogP) is 3.20. The Balaban J connectivity index is 1.72. The number of nitrogens with zero attached hydrogens (tertiary/aromatic N) is 2. The van der Waals surface area contributed by atoms with E-state index >= 15 is 0 Å². The number of aliphatic imine (C=N–C) groups is 1. The number of carbonyl (C=O) groups excluding carboxylic acids is 1. The monoisotopic (exact) mass is 434 g/mol. The molecule has 1 heterocycles. The molecule has 30 heavy (non-hydrogen) atoms. The van der Waals surface area contributed by atoms with E-state index in [-0.39, 0.29) is 17.9 Å². The van der Waals surface area contributed by atoms with Crippen molar-refractivity contribution in [1.29, 1.82) is 0 Å². The van der Waals surface area contributed by atoms with Crippen molar-refractivity contribution in [3.05, 3.63) is 34.9 Å². The fraction of sp³-hybridized carbons (Fsp3) is 0.652. The Kier molecular flexibility index (Phi) is 8.40. The van der Waals surface area contributed by atoms with Crippen LogP contribution in [0.1, 0.15) is 44.1 Å². The number of halogens is 1. The minimum absolute atomic E-state index is 0.0128. The summed E-state index contributed by atoms with van der Waals surface area (Å²) in [6, 6.07) is 8.20. The highest BCUT2D eigenvalue weighted by molar-refractivity contribution is 6.31. The van der Waals surface area contributed by atoms with E-state index in [9.17, 15) is 4.79 Å². The lowest BCUT2D eigenvalue weighted by Gasteiger charge is -2.39. The molecule has 7 heteroatoms. The molecule has 0 bridgehead atoms. The molecule has 1 atom stereocenters. The van der Waals surface area contributed by atoms with Crippen molar-refractivity contribution in [2.75, 3.05) is 46.9 Å². The molecular formula is C23H35ClN4O2. The SMILES string of the molecule is CN(C)C(=O)CN=C(NCC1CCOC1)NCC1(c2ccccc2Cl)CCCCC1. The molecule has 1 aromatic carbocycles. The predicted molar refractivity (Wildman–Crippen MR) is 122 cm³/mol. The van der Waals surface area contributed by atoms with Crippen LogP contribution in [0.15, 0.2) is 29.3 Å². The fourth-order valence-corrected chi connectivity index (χ4v) is 4.70. The Labute approximate surface area is 185 Å². The molecule has 1 aliphatic heterocycles. The lowest BCUT2D eigenvalue weighted by Crippen LogP contribution is -2.48. The van der Waals surface area contributed by atoms with E-state index in [0.717, 1.165) is 50.6 Å². The van der Waals surface area contributed by atoms with Gasteiger partial charge in [0.25, 0.3) is 0 Å². The van der Waals surface area contributed by atoms with Gasteiger partial charge in [0.2, 0.25) is 5.91 Å². The fourth-order valence-electron chi connectivity index (χ4n) is 4.36. The highest BCUT2D eigenvalue weighted by Gasteiger charge is 2.35. The minimum atomic E-state index is -0.0150. The van der Waals surface area contributed by atoms with Crippen LogP contribution in [0.4, 0.5) is 0 Å². The maximum atomic E-state index is 12.1. The average molecular weight is 435 g/mol. The van der Waals surface area contributed by atoms with Gasteiger partial charge >= 0.3 is 0 Å². The van der Waals surface area contributed by atoms with Crippen molar-refractivity contribution in [3.8, 4) is 0 Å². The van der Waals surface area contributed by atoms with Crippen LogP contribution in [0.2, 0.25) is 5.02 Å². The summed E-state index contributed by atoms with van der Waals surface area (Å²) in [4.78, 5) is 18.2. The second kappa shape index (κ2) is 11.0. The topological polar surface area (TPSA) is 66.0 Å². The summed E-state index contributed by atoms with van der Waals surface area (Å²) in [7, 11) is 3.51. The van der Waals surface area contributed by atoms with Gasteiger partial charge < -0.3 is 20.3 Å². The molecule has 1 saturated heterocycles. The van der Waals surface area contributed by atoms with Crippen molar-refractivity contribution in [2.45, 2.75) is 43.9 Å². The molecule has 2 aliphatic rings. The molecule has 1 amide bonds. The Morgan fingerprint density at radius 3 is 2.67 bits per heavy atom. The minimum Gasteiger partial charge on any atom is -0.381 e. The highest BCUT2D eigenvalue weighted by atomic mass is 35.5. The van der Waals surface area contributed by atoms with E-state index in [1.807, 2.05) is 12.1 Å². The molecule has 6 nitrogen and oxygen atoms in total. The molecule has 0 spiro atoms. The van der Waals surface area contributed by atoms with Gasteiger partial charge in [0.15, 0.2) is 5.96 Å². The van der Waals surface area contributed by atoms with Crippen LogP contribution >= 0.6 is 11.6 Å². The first-order valence-corrected chi connectivity index (χ1v) is 11.4. The first kappa shape index (κ1) is 22.9. The van der Waals surface area contributed by atoms with Gasteiger partial charge in [-0.3, -0.25) is 4.79 Å². The summed E-state index contributed by atoms with van der Waals surface area (Å²) in [5, 5.41) is 7.81. The van der Waals surface area contributed by atoms with Crippen LogP contribution in [0, 0.1) is 5.92 Å². The van der Waals surface area contributed by atoms with Gasteiger partial charge in [-0.2, -0.15) is 0 Å². The molecule has 0 radical (unpaired) electrons. The third-order valence-corrected chi connectivity index (χ3v) is 6.63. The number of nitrogens with one attached hydrogen (secondary N) is 2. The van der Waals surface area contributed by atoms with Crippen molar-refractivity contribution < 1.29 is 9.53 Å². The quantitative estimate of drug-likeness (QED) is 0.511. The number of likely N-dealkylation sites (N-methyl/N-ethyl adjacent to an activating group) is 1. The van der Waals surface area contributed by atoms with E-state index in [1.54, 1.807) is 19.0 Å². The molecule has 3 rings (SSSR count). The summed E-state index contributed by atoms with van der Waals surface area (Å²) in [6.07, 6.45) is 6.93. The molecule has 2 N–H and O–H groups in total. The van der Waals surface area contributed by atoms with Crippen LogP contribution < -0.4 is 10.6 Å².